The molecule has 28 heavy (non-hydrogen) atoms. The van der Waals surface area contributed by atoms with Crippen molar-refractivity contribution in [2.45, 2.75) is 26.3 Å². The minimum absolute atomic E-state index is 0.178. The van der Waals surface area contributed by atoms with Crippen molar-refractivity contribution in [1.82, 2.24) is 35.0 Å². The molecule has 1 fully saturated rings. The minimum Gasteiger partial charge on any atom is -0.340 e. The van der Waals surface area contributed by atoms with Crippen LogP contribution >= 0.6 is 11.3 Å². The third kappa shape index (κ3) is 4.42. The minimum atomic E-state index is 0.178. The fraction of sp³-hybridized carbons (Fsp3) is 0.421. The quantitative estimate of drug-likeness (QED) is 0.628. The number of hydrogen-bond donors (Lipinski definition) is 0. The first-order valence-electron chi connectivity index (χ1n) is 9.47. The van der Waals surface area contributed by atoms with E-state index in [9.17, 15) is 4.79 Å². The van der Waals surface area contributed by atoms with Gasteiger partial charge in [-0.15, -0.1) is 16.4 Å². The Morgan fingerprint density at radius 1 is 1.14 bits per heavy atom. The molecular formula is C19H23N7OS. The van der Waals surface area contributed by atoms with E-state index >= 15 is 0 Å². The highest BCUT2D eigenvalue weighted by Gasteiger charge is 2.21. The molecule has 8 nitrogen and oxygen atoms in total. The summed E-state index contributed by atoms with van der Waals surface area (Å²) in [5.41, 5.74) is 3.02. The number of aromatic nitrogens is 5. The van der Waals surface area contributed by atoms with Gasteiger partial charge in [0.2, 0.25) is 5.91 Å². The second-order valence-electron chi connectivity index (χ2n) is 6.84. The Balaban J connectivity index is 1.27. The van der Waals surface area contributed by atoms with Crippen molar-refractivity contribution in [2.24, 2.45) is 0 Å². The number of benzene rings is 1. The van der Waals surface area contributed by atoms with E-state index in [2.05, 4.69) is 37.7 Å². The first-order valence-corrected chi connectivity index (χ1v) is 10.3. The van der Waals surface area contributed by atoms with Crippen molar-refractivity contribution in [1.29, 1.82) is 0 Å². The maximum Gasteiger partial charge on any atom is 0.227 e. The zero-order valence-corrected chi connectivity index (χ0v) is 16.7. The van der Waals surface area contributed by atoms with Gasteiger partial charge in [0.1, 0.15) is 6.33 Å². The van der Waals surface area contributed by atoms with Crippen molar-refractivity contribution < 1.29 is 4.79 Å². The Kier molecular flexibility index (Phi) is 5.73. The number of aryl methyl sites for hydroxylation is 1. The van der Waals surface area contributed by atoms with Crippen molar-refractivity contribution >= 4 is 17.2 Å². The first-order chi connectivity index (χ1) is 13.7. The molecule has 146 valence electrons. The van der Waals surface area contributed by atoms with Gasteiger partial charge in [-0.2, -0.15) is 0 Å². The van der Waals surface area contributed by atoms with E-state index < -0.39 is 0 Å². The summed E-state index contributed by atoms with van der Waals surface area (Å²) in [6.45, 7) is 6.33. The highest BCUT2D eigenvalue weighted by atomic mass is 32.1. The van der Waals surface area contributed by atoms with Crippen molar-refractivity contribution in [2.75, 3.05) is 26.2 Å². The lowest BCUT2D eigenvalue weighted by Crippen LogP contribution is -2.48. The Hall–Kier alpha value is -2.65. The van der Waals surface area contributed by atoms with E-state index in [0.29, 0.717) is 6.42 Å². The topological polar surface area (TPSA) is 80.0 Å². The molecule has 0 unspecified atom stereocenters. The van der Waals surface area contributed by atoms with Gasteiger partial charge in [-0.05, 0) is 34.5 Å². The second kappa shape index (κ2) is 8.57. The number of amides is 1. The molecule has 9 heteroatoms. The molecule has 0 saturated carbocycles. The van der Waals surface area contributed by atoms with Crippen LogP contribution in [0, 0.1) is 0 Å². The van der Waals surface area contributed by atoms with E-state index in [4.69, 9.17) is 0 Å². The standard InChI is InChI=1S/C19H23N7OS/c1-2-18-21-16(13-28-18)12-24-7-9-25(10-8-24)19(27)11-15-3-5-17(6-4-15)26-14-20-22-23-26/h3-6,13-14H,2,7-12H2,1H3. The summed E-state index contributed by atoms with van der Waals surface area (Å²) in [5.74, 6) is 0.178. The molecule has 0 bridgehead atoms. The molecule has 3 aromatic rings. The van der Waals surface area contributed by atoms with E-state index in [1.165, 1.54) is 5.01 Å². The molecule has 1 aliphatic heterocycles. The third-order valence-electron chi connectivity index (χ3n) is 4.92. The lowest BCUT2D eigenvalue weighted by molar-refractivity contribution is -0.132. The molecule has 0 aliphatic carbocycles. The van der Waals surface area contributed by atoms with E-state index in [0.717, 1.165) is 56.1 Å². The predicted molar refractivity (Wildman–Crippen MR) is 106 cm³/mol. The summed E-state index contributed by atoms with van der Waals surface area (Å²) in [5, 5.41) is 14.5. The number of nitrogens with zero attached hydrogens (tertiary/aromatic N) is 7. The Bertz CT molecular complexity index is 899. The summed E-state index contributed by atoms with van der Waals surface area (Å²) < 4.78 is 1.59. The van der Waals surface area contributed by atoms with Crippen LogP contribution in [0.15, 0.2) is 36.0 Å². The van der Waals surface area contributed by atoms with Gasteiger partial charge in [0.15, 0.2) is 0 Å². The number of piperazine rings is 1. The van der Waals surface area contributed by atoms with Crippen LogP contribution in [0.2, 0.25) is 0 Å². The number of hydrogen-bond acceptors (Lipinski definition) is 7. The van der Waals surface area contributed by atoms with Crippen molar-refractivity contribution in [3.63, 3.8) is 0 Å². The van der Waals surface area contributed by atoms with Crippen LogP contribution in [0.25, 0.3) is 5.69 Å². The number of carbonyl (C=O) groups is 1. The Morgan fingerprint density at radius 2 is 1.93 bits per heavy atom. The smallest absolute Gasteiger partial charge is 0.227 e. The van der Waals surface area contributed by atoms with Gasteiger partial charge in [0.05, 0.1) is 22.8 Å². The lowest BCUT2D eigenvalue weighted by Gasteiger charge is -2.34. The summed E-state index contributed by atoms with van der Waals surface area (Å²) in [6, 6.07) is 7.77. The number of rotatable bonds is 6. The molecule has 1 aliphatic rings. The highest BCUT2D eigenvalue weighted by Crippen LogP contribution is 2.15. The van der Waals surface area contributed by atoms with Gasteiger partial charge < -0.3 is 4.90 Å². The normalized spacial score (nSPS) is 15.1. The van der Waals surface area contributed by atoms with Gasteiger partial charge in [-0.1, -0.05) is 19.1 Å². The zero-order valence-electron chi connectivity index (χ0n) is 15.9. The van der Waals surface area contributed by atoms with E-state index in [1.807, 2.05) is 29.2 Å². The van der Waals surface area contributed by atoms with E-state index in [-0.39, 0.29) is 5.91 Å². The van der Waals surface area contributed by atoms with Gasteiger partial charge >= 0.3 is 0 Å². The van der Waals surface area contributed by atoms with Crippen LogP contribution in [-0.4, -0.2) is 67.1 Å². The van der Waals surface area contributed by atoms with Gasteiger partial charge in [-0.25, -0.2) is 9.67 Å². The monoisotopic (exact) mass is 397 g/mol. The molecular weight excluding hydrogens is 374 g/mol. The summed E-state index contributed by atoms with van der Waals surface area (Å²) in [7, 11) is 0. The number of thiazole rings is 1. The van der Waals surface area contributed by atoms with Crippen LogP contribution < -0.4 is 0 Å². The average molecular weight is 398 g/mol. The Labute approximate surface area is 167 Å². The van der Waals surface area contributed by atoms with Crippen molar-refractivity contribution in [3.8, 4) is 5.69 Å². The molecule has 0 radical (unpaired) electrons. The molecule has 1 aromatic carbocycles. The average Bonchev–Trinajstić information content (AvgIpc) is 3.41. The maximum absolute atomic E-state index is 12.6. The lowest BCUT2D eigenvalue weighted by atomic mass is 10.1. The highest BCUT2D eigenvalue weighted by molar-refractivity contribution is 7.09. The maximum atomic E-state index is 12.6. The number of tetrazole rings is 1. The molecule has 4 rings (SSSR count). The molecule has 1 saturated heterocycles. The fourth-order valence-corrected chi connectivity index (χ4v) is 4.04. The molecule has 1 amide bonds. The fourth-order valence-electron chi connectivity index (χ4n) is 3.30. The zero-order chi connectivity index (χ0) is 19.3. The van der Waals surface area contributed by atoms with Gasteiger partial charge in [-0.3, -0.25) is 9.69 Å². The van der Waals surface area contributed by atoms with Crippen LogP contribution in [0.5, 0.6) is 0 Å². The molecule has 0 atom stereocenters. The molecule has 0 N–H and O–H groups in total. The summed E-state index contributed by atoms with van der Waals surface area (Å²) >= 11 is 1.73. The van der Waals surface area contributed by atoms with Crippen molar-refractivity contribution in [3.05, 3.63) is 52.2 Å². The molecule has 3 heterocycles. The van der Waals surface area contributed by atoms with Gasteiger partial charge in [0.25, 0.3) is 0 Å². The first kappa shape index (κ1) is 18.7. The van der Waals surface area contributed by atoms with Crippen LogP contribution in [0.1, 0.15) is 23.2 Å². The number of carbonyl (C=O) groups excluding carboxylic acids is 1. The van der Waals surface area contributed by atoms with Crippen LogP contribution in [0.4, 0.5) is 0 Å². The Morgan fingerprint density at radius 3 is 2.57 bits per heavy atom. The summed E-state index contributed by atoms with van der Waals surface area (Å²) in [6.07, 6.45) is 2.96. The van der Waals surface area contributed by atoms with Crippen LogP contribution in [0.3, 0.4) is 0 Å². The SMILES string of the molecule is CCc1nc(CN2CCN(C(=O)Cc3ccc(-n4cnnn4)cc3)CC2)cs1. The molecule has 2 aromatic heterocycles. The van der Waals surface area contributed by atoms with Crippen LogP contribution in [-0.2, 0) is 24.2 Å². The largest absolute Gasteiger partial charge is 0.340 e. The van der Waals surface area contributed by atoms with E-state index in [1.54, 1.807) is 22.3 Å². The van der Waals surface area contributed by atoms with Gasteiger partial charge in [0, 0.05) is 38.1 Å². The third-order valence-corrected chi connectivity index (χ3v) is 5.96. The predicted octanol–water partition coefficient (Wildman–Crippen LogP) is 1.57. The summed E-state index contributed by atoms with van der Waals surface area (Å²) in [4.78, 5) is 21.6. The molecule has 0 spiro atoms. The second-order valence-corrected chi connectivity index (χ2v) is 7.78.